The van der Waals surface area contributed by atoms with Gasteiger partial charge in [-0.1, -0.05) is 161 Å². The van der Waals surface area contributed by atoms with Gasteiger partial charge < -0.3 is 9.32 Å². The standard InChI is InChI=1S/C54H41NO/c1-53(2)45-18-10-8-16-43(45)50-40(17-12-19-46(50)53)36-23-27-38(28-24-36)55(37-25-21-35(22-26-37)34-13-6-5-7-14-34)39-29-30-44-48(33-39)54(3,4)47-32-31-42-41-15-9-11-20-49(41)56-52(42)51(44)47/h5-33H,1-4H3. The molecule has 0 spiro atoms. The molecule has 9 aromatic rings. The van der Waals surface area contributed by atoms with Crippen LogP contribution in [0.15, 0.2) is 180 Å². The lowest BCUT2D eigenvalue weighted by atomic mass is 9.82. The molecule has 2 nitrogen and oxygen atoms in total. The lowest BCUT2D eigenvalue weighted by Gasteiger charge is -2.28. The molecule has 0 atom stereocenters. The Balaban J connectivity index is 1.05. The molecule has 268 valence electrons. The Labute approximate surface area is 328 Å². The van der Waals surface area contributed by atoms with Crippen molar-refractivity contribution < 1.29 is 4.42 Å². The zero-order valence-corrected chi connectivity index (χ0v) is 32.1. The van der Waals surface area contributed by atoms with Crippen LogP contribution >= 0.6 is 0 Å². The molecule has 0 saturated heterocycles. The van der Waals surface area contributed by atoms with Gasteiger partial charge in [0.15, 0.2) is 0 Å². The van der Waals surface area contributed by atoms with Crippen molar-refractivity contribution in [2.75, 3.05) is 4.90 Å². The van der Waals surface area contributed by atoms with E-state index >= 15 is 0 Å². The van der Waals surface area contributed by atoms with Gasteiger partial charge in [-0.3, -0.25) is 0 Å². The highest BCUT2D eigenvalue weighted by atomic mass is 16.3. The molecule has 8 aromatic carbocycles. The highest BCUT2D eigenvalue weighted by Gasteiger charge is 2.39. The number of fused-ring (bicyclic) bond motifs is 10. The number of furan rings is 1. The minimum Gasteiger partial charge on any atom is -0.455 e. The lowest BCUT2D eigenvalue weighted by Crippen LogP contribution is -2.16. The van der Waals surface area contributed by atoms with Crippen molar-refractivity contribution in [1.82, 2.24) is 0 Å². The van der Waals surface area contributed by atoms with E-state index in [1.54, 1.807) is 0 Å². The summed E-state index contributed by atoms with van der Waals surface area (Å²) in [5, 5.41) is 2.33. The summed E-state index contributed by atoms with van der Waals surface area (Å²) in [5.74, 6) is 0. The van der Waals surface area contributed by atoms with Gasteiger partial charge in [-0.15, -0.1) is 0 Å². The molecule has 0 saturated carbocycles. The van der Waals surface area contributed by atoms with E-state index in [0.29, 0.717) is 0 Å². The first-order valence-electron chi connectivity index (χ1n) is 19.7. The van der Waals surface area contributed by atoms with Crippen LogP contribution in [0.25, 0.3) is 66.4 Å². The molecule has 0 unspecified atom stereocenters. The van der Waals surface area contributed by atoms with Gasteiger partial charge in [0.05, 0.1) is 0 Å². The monoisotopic (exact) mass is 719 g/mol. The number of rotatable bonds is 5. The normalized spacial score (nSPS) is 14.4. The van der Waals surface area contributed by atoms with Crippen LogP contribution in [0, 0.1) is 0 Å². The summed E-state index contributed by atoms with van der Waals surface area (Å²) in [6.07, 6.45) is 0. The van der Waals surface area contributed by atoms with Crippen molar-refractivity contribution in [3.8, 4) is 44.5 Å². The minimum atomic E-state index is -0.210. The number of para-hydroxylation sites is 1. The summed E-state index contributed by atoms with van der Waals surface area (Å²) in [7, 11) is 0. The molecule has 2 aliphatic carbocycles. The molecule has 0 radical (unpaired) electrons. The van der Waals surface area contributed by atoms with E-state index in [1.165, 1.54) is 72.1 Å². The van der Waals surface area contributed by atoms with E-state index in [2.05, 4.69) is 209 Å². The van der Waals surface area contributed by atoms with Crippen LogP contribution in [0.5, 0.6) is 0 Å². The molecule has 56 heavy (non-hydrogen) atoms. The number of benzene rings is 8. The van der Waals surface area contributed by atoms with Gasteiger partial charge >= 0.3 is 0 Å². The largest absolute Gasteiger partial charge is 0.455 e. The summed E-state index contributed by atoms with van der Waals surface area (Å²) in [5.41, 5.74) is 20.5. The summed E-state index contributed by atoms with van der Waals surface area (Å²) in [4.78, 5) is 2.41. The van der Waals surface area contributed by atoms with E-state index in [9.17, 15) is 0 Å². The SMILES string of the molecule is CC1(C)c2ccccc2-c2c(-c3ccc(N(c4ccc(-c5ccccc5)cc4)c4ccc5c(c4)C(C)(C)c4ccc6c(oc7ccccc76)c4-5)cc3)cccc21. The predicted molar refractivity (Wildman–Crippen MR) is 234 cm³/mol. The highest BCUT2D eigenvalue weighted by Crippen LogP contribution is 2.55. The van der Waals surface area contributed by atoms with E-state index in [-0.39, 0.29) is 10.8 Å². The second kappa shape index (κ2) is 11.9. The summed E-state index contributed by atoms with van der Waals surface area (Å²) in [6.45, 7) is 9.39. The van der Waals surface area contributed by atoms with Crippen LogP contribution in [-0.2, 0) is 10.8 Å². The summed E-state index contributed by atoms with van der Waals surface area (Å²) in [6, 6.07) is 64.5. The third kappa shape index (κ3) is 4.69. The number of anilines is 3. The molecule has 0 N–H and O–H groups in total. The Kier molecular flexibility index (Phi) is 6.98. The van der Waals surface area contributed by atoms with Crippen LogP contribution in [0.2, 0.25) is 0 Å². The molecule has 1 heterocycles. The summed E-state index contributed by atoms with van der Waals surface area (Å²) < 4.78 is 6.61. The average Bonchev–Trinajstić information content (AvgIpc) is 3.81. The van der Waals surface area contributed by atoms with E-state index in [4.69, 9.17) is 4.42 Å². The van der Waals surface area contributed by atoms with Crippen LogP contribution in [0.3, 0.4) is 0 Å². The van der Waals surface area contributed by atoms with Crippen molar-refractivity contribution in [3.63, 3.8) is 0 Å². The Morgan fingerprint density at radius 3 is 1.73 bits per heavy atom. The van der Waals surface area contributed by atoms with Gasteiger partial charge in [-0.05, 0) is 104 Å². The van der Waals surface area contributed by atoms with Gasteiger partial charge in [0.2, 0.25) is 0 Å². The third-order valence-corrected chi connectivity index (χ3v) is 12.7. The maximum Gasteiger partial charge on any atom is 0.143 e. The van der Waals surface area contributed by atoms with Crippen LogP contribution in [-0.4, -0.2) is 0 Å². The van der Waals surface area contributed by atoms with Crippen molar-refractivity contribution in [2.24, 2.45) is 0 Å². The van der Waals surface area contributed by atoms with Crippen molar-refractivity contribution in [1.29, 1.82) is 0 Å². The maximum absolute atomic E-state index is 6.61. The zero-order valence-electron chi connectivity index (χ0n) is 32.1. The topological polar surface area (TPSA) is 16.4 Å². The van der Waals surface area contributed by atoms with Crippen molar-refractivity contribution in [2.45, 2.75) is 38.5 Å². The third-order valence-electron chi connectivity index (χ3n) is 12.7. The second-order valence-corrected chi connectivity index (χ2v) is 16.5. The van der Waals surface area contributed by atoms with Gasteiger partial charge in [-0.25, -0.2) is 0 Å². The molecule has 0 bridgehead atoms. The van der Waals surface area contributed by atoms with Gasteiger partial charge in [0.25, 0.3) is 0 Å². The first kappa shape index (κ1) is 32.8. The van der Waals surface area contributed by atoms with Crippen LogP contribution in [0.1, 0.15) is 49.9 Å². The van der Waals surface area contributed by atoms with Crippen molar-refractivity contribution >= 4 is 39.0 Å². The molecule has 2 heteroatoms. The van der Waals surface area contributed by atoms with Crippen LogP contribution < -0.4 is 4.90 Å². The van der Waals surface area contributed by atoms with Crippen molar-refractivity contribution in [3.05, 3.63) is 198 Å². The molecule has 0 fully saturated rings. The Hall–Kier alpha value is -6.64. The fraction of sp³-hybridized carbons (Fsp3) is 0.111. The molecule has 0 aliphatic heterocycles. The molecule has 1 aromatic heterocycles. The molecule has 11 rings (SSSR count). The molecular formula is C54H41NO. The fourth-order valence-electron chi connectivity index (χ4n) is 9.79. The van der Waals surface area contributed by atoms with Gasteiger partial charge in [0.1, 0.15) is 11.2 Å². The minimum absolute atomic E-state index is 0.0399. The number of hydrogen-bond acceptors (Lipinski definition) is 2. The Morgan fingerprint density at radius 2 is 0.946 bits per heavy atom. The summed E-state index contributed by atoms with van der Waals surface area (Å²) >= 11 is 0. The smallest absolute Gasteiger partial charge is 0.143 e. The fourth-order valence-corrected chi connectivity index (χ4v) is 9.79. The quantitative estimate of drug-likeness (QED) is 0.176. The molecular weight excluding hydrogens is 679 g/mol. The highest BCUT2D eigenvalue weighted by molar-refractivity contribution is 6.12. The predicted octanol–water partition coefficient (Wildman–Crippen LogP) is 15.0. The number of hydrogen-bond donors (Lipinski definition) is 0. The Bertz CT molecular complexity index is 3000. The van der Waals surface area contributed by atoms with E-state index in [0.717, 1.165) is 33.6 Å². The average molecular weight is 720 g/mol. The zero-order chi connectivity index (χ0) is 37.8. The Morgan fingerprint density at radius 1 is 0.375 bits per heavy atom. The first-order chi connectivity index (χ1) is 27.3. The lowest BCUT2D eigenvalue weighted by molar-refractivity contribution is 0.653. The first-order valence-corrected chi connectivity index (χ1v) is 19.7. The molecule has 2 aliphatic rings. The van der Waals surface area contributed by atoms with Gasteiger partial charge in [0, 0.05) is 44.2 Å². The number of nitrogens with zero attached hydrogens (tertiary/aromatic N) is 1. The van der Waals surface area contributed by atoms with Gasteiger partial charge in [-0.2, -0.15) is 0 Å². The molecule has 0 amide bonds. The van der Waals surface area contributed by atoms with E-state index < -0.39 is 0 Å². The van der Waals surface area contributed by atoms with E-state index in [1.807, 2.05) is 0 Å². The van der Waals surface area contributed by atoms with Crippen LogP contribution in [0.4, 0.5) is 17.1 Å². The maximum atomic E-state index is 6.61. The second-order valence-electron chi connectivity index (χ2n) is 16.5.